The predicted octanol–water partition coefficient (Wildman–Crippen LogP) is 1.76. The SMILES string of the molecule is Cc1ccc(OC2CNC2)cc1-n1cnc(C(N)=O)c1C(=O)Nc1nc2ccccc2[nH]1. The minimum Gasteiger partial charge on any atom is -0.488 e. The fourth-order valence-corrected chi connectivity index (χ4v) is 3.57. The quantitative estimate of drug-likeness (QED) is 0.367. The van der Waals surface area contributed by atoms with E-state index in [0.717, 1.165) is 24.2 Å². The number of amides is 2. The molecule has 0 bridgehead atoms. The molecule has 0 radical (unpaired) electrons. The second-order valence-electron chi connectivity index (χ2n) is 7.58. The Morgan fingerprint density at radius 1 is 1.22 bits per heavy atom. The lowest BCUT2D eigenvalue weighted by Gasteiger charge is -2.28. The molecule has 32 heavy (non-hydrogen) atoms. The van der Waals surface area contributed by atoms with Gasteiger partial charge in [0.25, 0.3) is 11.8 Å². The highest BCUT2D eigenvalue weighted by molar-refractivity contribution is 6.10. The van der Waals surface area contributed by atoms with Gasteiger partial charge in [0, 0.05) is 19.2 Å². The molecule has 2 amide bonds. The number of hydrogen-bond acceptors (Lipinski definition) is 6. The van der Waals surface area contributed by atoms with Gasteiger partial charge in [-0.15, -0.1) is 0 Å². The van der Waals surface area contributed by atoms with Gasteiger partial charge in [0.1, 0.15) is 23.9 Å². The molecular formula is C22H21N7O3. The van der Waals surface area contributed by atoms with E-state index >= 15 is 0 Å². The summed E-state index contributed by atoms with van der Waals surface area (Å²) in [6, 6.07) is 13.0. The second-order valence-corrected chi connectivity index (χ2v) is 7.58. The van der Waals surface area contributed by atoms with Crippen LogP contribution in [0.3, 0.4) is 0 Å². The van der Waals surface area contributed by atoms with Crippen LogP contribution in [0, 0.1) is 6.92 Å². The van der Waals surface area contributed by atoms with Gasteiger partial charge in [0.2, 0.25) is 5.95 Å². The number of para-hydroxylation sites is 2. The molecule has 10 heteroatoms. The number of aryl methyl sites for hydroxylation is 1. The molecule has 3 heterocycles. The Kier molecular flexibility index (Phi) is 4.83. The van der Waals surface area contributed by atoms with Crippen molar-refractivity contribution in [1.29, 1.82) is 0 Å². The van der Waals surface area contributed by atoms with Gasteiger partial charge in [0.05, 0.1) is 16.7 Å². The molecule has 1 aliphatic rings. The summed E-state index contributed by atoms with van der Waals surface area (Å²) >= 11 is 0. The van der Waals surface area contributed by atoms with Crippen molar-refractivity contribution in [3.63, 3.8) is 0 Å². The lowest BCUT2D eigenvalue weighted by Crippen LogP contribution is -2.50. The molecule has 4 aromatic rings. The molecule has 0 unspecified atom stereocenters. The Morgan fingerprint density at radius 2 is 2.03 bits per heavy atom. The van der Waals surface area contributed by atoms with Gasteiger partial charge >= 0.3 is 0 Å². The van der Waals surface area contributed by atoms with Crippen molar-refractivity contribution in [3.8, 4) is 11.4 Å². The number of rotatable bonds is 6. The van der Waals surface area contributed by atoms with Gasteiger partial charge in [-0.1, -0.05) is 18.2 Å². The number of nitrogens with zero attached hydrogens (tertiary/aromatic N) is 3. The van der Waals surface area contributed by atoms with Gasteiger partial charge < -0.3 is 20.8 Å². The fraction of sp³-hybridized carbons (Fsp3) is 0.182. The van der Waals surface area contributed by atoms with Crippen LogP contribution in [0.5, 0.6) is 5.75 Å². The lowest BCUT2D eigenvalue weighted by molar-refractivity contribution is 0.0970. The summed E-state index contributed by atoms with van der Waals surface area (Å²) in [4.78, 5) is 36.7. The summed E-state index contributed by atoms with van der Waals surface area (Å²) in [5.74, 6) is -0.450. The van der Waals surface area contributed by atoms with Gasteiger partial charge in [-0.2, -0.15) is 0 Å². The fourth-order valence-electron chi connectivity index (χ4n) is 3.57. The third-order valence-corrected chi connectivity index (χ3v) is 5.32. The largest absolute Gasteiger partial charge is 0.488 e. The van der Waals surface area contributed by atoms with Gasteiger partial charge in [0.15, 0.2) is 5.69 Å². The standard InChI is InChI=1S/C22H21N7O3/c1-12-6-7-13(32-14-9-24-10-14)8-17(12)29-11-25-18(20(23)30)19(29)21(31)28-22-26-15-4-2-3-5-16(15)27-22/h2-8,11,14,24H,9-10H2,1H3,(H2,23,30)(H2,26,27,28,31). The normalized spacial score (nSPS) is 13.7. The van der Waals surface area contributed by atoms with E-state index < -0.39 is 11.8 Å². The van der Waals surface area contributed by atoms with Crippen LogP contribution in [-0.4, -0.2) is 50.5 Å². The van der Waals surface area contributed by atoms with Crippen LogP contribution in [0.4, 0.5) is 5.95 Å². The summed E-state index contributed by atoms with van der Waals surface area (Å²) in [5, 5.41) is 5.87. The first-order valence-corrected chi connectivity index (χ1v) is 10.1. The van der Waals surface area contributed by atoms with E-state index in [1.165, 1.54) is 6.33 Å². The molecule has 1 saturated heterocycles. The molecule has 162 valence electrons. The number of fused-ring (bicyclic) bond motifs is 1. The third-order valence-electron chi connectivity index (χ3n) is 5.32. The average molecular weight is 431 g/mol. The topological polar surface area (TPSA) is 140 Å². The van der Waals surface area contributed by atoms with E-state index in [0.29, 0.717) is 17.0 Å². The van der Waals surface area contributed by atoms with E-state index in [2.05, 4.69) is 25.6 Å². The van der Waals surface area contributed by atoms with Crippen LogP contribution in [0.2, 0.25) is 0 Å². The molecule has 1 aliphatic heterocycles. The predicted molar refractivity (Wildman–Crippen MR) is 118 cm³/mol. The van der Waals surface area contributed by atoms with Crippen LogP contribution in [0.25, 0.3) is 16.7 Å². The molecule has 2 aromatic carbocycles. The zero-order valence-corrected chi connectivity index (χ0v) is 17.3. The van der Waals surface area contributed by atoms with Crippen molar-refractivity contribution in [2.24, 2.45) is 5.73 Å². The monoisotopic (exact) mass is 431 g/mol. The molecule has 5 rings (SSSR count). The van der Waals surface area contributed by atoms with Crippen LogP contribution < -0.4 is 21.1 Å². The van der Waals surface area contributed by atoms with Crippen LogP contribution >= 0.6 is 0 Å². The highest BCUT2D eigenvalue weighted by atomic mass is 16.5. The minimum absolute atomic E-state index is 0.0171. The Bertz CT molecular complexity index is 1300. The number of nitrogens with two attached hydrogens (primary N) is 1. The number of ether oxygens (including phenoxy) is 1. The van der Waals surface area contributed by atoms with Crippen molar-refractivity contribution in [3.05, 3.63) is 65.7 Å². The molecule has 0 spiro atoms. The van der Waals surface area contributed by atoms with Crippen molar-refractivity contribution >= 4 is 28.8 Å². The molecule has 2 aromatic heterocycles. The number of primary amides is 1. The number of hydrogen-bond donors (Lipinski definition) is 4. The number of aromatic amines is 1. The lowest BCUT2D eigenvalue weighted by atomic mass is 10.1. The summed E-state index contributed by atoms with van der Waals surface area (Å²) in [5.41, 5.74) is 8.40. The zero-order chi connectivity index (χ0) is 22.2. The number of carbonyl (C=O) groups is 2. The van der Waals surface area contributed by atoms with Crippen LogP contribution in [0.15, 0.2) is 48.8 Å². The van der Waals surface area contributed by atoms with E-state index in [-0.39, 0.29) is 23.4 Å². The molecule has 10 nitrogen and oxygen atoms in total. The summed E-state index contributed by atoms with van der Waals surface area (Å²) in [6.07, 6.45) is 1.51. The Labute approximate surface area is 182 Å². The van der Waals surface area contributed by atoms with Gasteiger partial charge in [-0.05, 0) is 30.7 Å². The van der Waals surface area contributed by atoms with E-state index in [1.54, 1.807) is 4.57 Å². The number of carbonyl (C=O) groups excluding carboxylic acids is 2. The summed E-state index contributed by atoms with van der Waals surface area (Å²) in [7, 11) is 0. The number of imidazole rings is 2. The Morgan fingerprint density at radius 3 is 2.75 bits per heavy atom. The Hall–Kier alpha value is -4.18. The average Bonchev–Trinajstić information content (AvgIpc) is 3.35. The molecule has 1 fully saturated rings. The van der Waals surface area contributed by atoms with Crippen molar-refractivity contribution in [2.45, 2.75) is 13.0 Å². The number of anilines is 1. The molecule has 5 N–H and O–H groups in total. The number of nitrogens with one attached hydrogen (secondary N) is 3. The van der Waals surface area contributed by atoms with E-state index in [4.69, 9.17) is 10.5 Å². The second kappa shape index (κ2) is 7.82. The molecule has 0 aliphatic carbocycles. The van der Waals surface area contributed by atoms with Crippen molar-refractivity contribution in [2.75, 3.05) is 18.4 Å². The smallest absolute Gasteiger partial charge is 0.277 e. The molecule has 0 atom stereocenters. The maximum Gasteiger partial charge on any atom is 0.277 e. The van der Waals surface area contributed by atoms with Crippen molar-refractivity contribution in [1.82, 2.24) is 24.8 Å². The molecule has 0 saturated carbocycles. The van der Waals surface area contributed by atoms with Crippen LogP contribution in [0.1, 0.15) is 26.5 Å². The number of benzene rings is 2. The highest BCUT2D eigenvalue weighted by Gasteiger charge is 2.25. The maximum absolute atomic E-state index is 13.2. The van der Waals surface area contributed by atoms with E-state index in [9.17, 15) is 9.59 Å². The van der Waals surface area contributed by atoms with E-state index in [1.807, 2.05) is 49.4 Å². The highest BCUT2D eigenvalue weighted by Crippen LogP contribution is 2.25. The number of H-pyrrole nitrogens is 1. The summed E-state index contributed by atoms with van der Waals surface area (Å²) in [6.45, 7) is 3.46. The first kappa shape index (κ1) is 19.8. The van der Waals surface area contributed by atoms with Crippen LogP contribution in [-0.2, 0) is 0 Å². The minimum atomic E-state index is -0.802. The number of aromatic nitrogens is 4. The first-order valence-electron chi connectivity index (χ1n) is 10.1. The Balaban J connectivity index is 1.52. The molecular weight excluding hydrogens is 410 g/mol. The first-order chi connectivity index (χ1) is 15.5. The summed E-state index contributed by atoms with van der Waals surface area (Å²) < 4.78 is 7.49. The maximum atomic E-state index is 13.2. The zero-order valence-electron chi connectivity index (χ0n) is 17.3. The van der Waals surface area contributed by atoms with Crippen molar-refractivity contribution < 1.29 is 14.3 Å². The van der Waals surface area contributed by atoms with Gasteiger partial charge in [-0.3, -0.25) is 19.5 Å². The van der Waals surface area contributed by atoms with Gasteiger partial charge in [-0.25, -0.2) is 9.97 Å². The third kappa shape index (κ3) is 3.56.